The third-order valence-corrected chi connectivity index (χ3v) is 4.84. The van der Waals surface area contributed by atoms with E-state index in [1.807, 2.05) is 13.8 Å². The lowest BCUT2D eigenvalue weighted by Gasteiger charge is -2.18. The molecule has 0 amide bonds. The molecular formula is C10H22N2O3Si. The van der Waals surface area contributed by atoms with Gasteiger partial charge in [0.15, 0.2) is 5.78 Å². The summed E-state index contributed by atoms with van der Waals surface area (Å²) in [6, 6.07) is 0.161. The molecule has 6 heteroatoms. The summed E-state index contributed by atoms with van der Waals surface area (Å²) in [6.45, 7) is 5.88. The van der Waals surface area contributed by atoms with Gasteiger partial charge >= 0.3 is 9.28 Å². The van der Waals surface area contributed by atoms with E-state index in [4.69, 9.17) is 14.6 Å². The number of rotatable bonds is 7. The Bertz CT molecular complexity index is 222. The molecule has 94 valence electrons. The third kappa shape index (κ3) is 3.95. The monoisotopic (exact) mass is 246 g/mol. The lowest BCUT2D eigenvalue weighted by Crippen LogP contribution is -2.44. The van der Waals surface area contributed by atoms with Gasteiger partial charge in [0.2, 0.25) is 0 Å². The van der Waals surface area contributed by atoms with Crippen molar-refractivity contribution in [3.05, 3.63) is 0 Å². The van der Waals surface area contributed by atoms with Crippen LogP contribution in [0.3, 0.4) is 0 Å². The first-order valence-electron chi connectivity index (χ1n) is 5.93. The molecule has 1 saturated heterocycles. The molecule has 0 saturated carbocycles. The molecule has 3 N–H and O–H groups in total. The molecule has 1 rings (SSSR count). The highest BCUT2D eigenvalue weighted by atomic mass is 28.3. The predicted octanol–water partition coefficient (Wildman–Crippen LogP) is -0.462. The number of nitrogens with two attached hydrogens (primary N) is 1. The van der Waals surface area contributed by atoms with Crippen LogP contribution < -0.4 is 11.1 Å². The van der Waals surface area contributed by atoms with Crippen LogP contribution in [-0.2, 0) is 13.6 Å². The normalized spacial score (nSPS) is 25.2. The number of Topliss-reactive ketones (excluding diaryl/α,β-unsaturated/α-hetero) is 1. The van der Waals surface area contributed by atoms with Gasteiger partial charge in [0, 0.05) is 25.3 Å². The topological polar surface area (TPSA) is 73.6 Å². The van der Waals surface area contributed by atoms with Gasteiger partial charge in [0.05, 0.1) is 6.04 Å². The summed E-state index contributed by atoms with van der Waals surface area (Å²) >= 11 is 0. The smallest absolute Gasteiger partial charge is 0.329 e. The van der Waals surface area contributed by atoms with E-state index in [9.17, 15) is 4.79 Å². The first-order valence-corrected chi connectivity index (χ1v) is 7.69. The minimum Gasteiger partial charge on any atom is -0.397 e. The van der Waals surface area contributed by atoms with Gasteiger partial charge in [-0.15, -0.1) is 0 Å². The fraction of sp³-hybridized carbons (Fsp3) is 0.900. The molecule has 1 unspecified atom stereocenters. The van der Waals surface area contributed by atoms with E-state index in [0.717, 1.165) is 13.0 Å². The van der Waals surface area contributed by atoms with E-state index in [1.54, 1.807) is 0 Å². The van der Waals surface area contributed by atoms with Crippen LogP contribution in [0.2, 0.25) is 6.04 Å². The highest BCUT2D eigenvalue weighted by Crippen LogP contribution is 2.10. The van der Waals surface area contributed by atoms with Crippen molar-refractivity contribution >= 4 is 15.1 Å². The Balaban J connectivity index is 2.40. The lowest BCUT2D eigenvalue weighted by atomic mass is 10.1. The SMILES string of the molecule is CCO[SiH](CC(=O)[C@@H]1NCCC1N)OCC. The van der Waals surface area contributed by atoms with Crippen molar-refractivity contribution in [1.82, 2.24) is 5.32 Å². The van der Waals surface area contributed by atoms with Gasteiger partial charge < -0.3 is 19.9 Å². The minimum absolute atomic E-state index is 0.0506. The molecule has 1 aliphatic rings. The average molecular weight is 246 g/mol. The van der Waals surface area contributed by atoms with E-state index in [0.29, 0.717) is 19.3 Å². The predicted molar refractivity (Wildman–Crippen MR) is 64.6 cm³/mol. The number of carbonyl (C=O) groups is 1. The molecule has 5 nitrogen and oxygen atoms in total. The van der Waals surface area contributed by atoms with Crippen LogP contribution in [0.1, 0.15) is 20.3 Å². The first kappa shape index (κ1) is 13.8. The van der Waals surface area contributed by atoms with Crippen LogP contribution in [0.5, 0.6) is 0 Å². The Morgan fingerprint density at radius 1 is 1.44 bits per heavy atom. The molecule has 0 aromatic heterocycles. The second-order valence-electron chi connectivity index (χ2n) is 3.90. The quantitative estimate of drug-likeness (QED) is 0.595. The van der Waals surface area contributed by atoms with Crippen molar-refractivity contribution in [2.24, 2.45) is 5.73 Å². The number of nitrogens with one attached hydrogen (secondary N) is 1. The Labute approximate surface area is 98.5 Å². The van der Waals surface area contributed by atoms with Crippen LogP contribution in [0, 0.1) is 0 Å². The molecule has 1 fully saturated rings. The molecule has 0 aliphatic carbocycles. The van der Waals surface area contributed by atoms with Crippen LogP contribution in [0.15, 0.2) is 0 Å². The van der Waals surface area contributed by atoms with Crippen molar-refractivity contribution in [2.45, 2.75) is 38.4 Å². The second kappa shape index (κ2) is 7.13. The molecule has 1 aliphatic heterocycles. The summed E-state index contributed by atoms with van der Waals surface area (Å²) in [4.78, 5) is 11.9. The van der Waals surface area contributed by atoms with E-state index >= 15 is 0 Å². The largest absolute Gasteiger partial charge is 0.397 e. The zero-order chi connectivity index (χ0) is 12.0. The van der Waals surface area contributed by atoms with Crippen LogP contribution in [0.25, 0.3) is 0 Å². The summed E-state index contributed by atoms with van der Waals surface area (Å²) in [7, 11) is -1.82. The van der Waals surface area contributed by atoms with Crippen molar-refractivity contribution in [3.8, 4) is 0 Å². The average Bonchev–Trinajstić information content (AvgIpc) is 2.65. The summed E-state index contributed by atoms with van der Waals surface area (Å²) in [5.74, 6) is 0.142. The van der Waals surface area contributed by atoms with E-state index in [-0.39, 0.29) is 17.9 Å². The summed E-state index contributed by atoms with van der Waals surface area (Å²) in [5, 5.41) is 3.13. The summed E-state index contributed by atoms with van der Waals surface area (Å²) in [5.41, 5.74) is 5.85. The van der Waals surface area contributed by atoms with Crippen LogP contribution in [-0.4, -0.2) is 46.9 Å². The molecule has 0 bridgehead atoms. The molecule has 16 heavy (non-hydrogen) atoms. The van der Waals surface area contributed by atoms with Crippen molar-refractivity contribution in [1.29, 1.82) is 0 Å². The van der Waals surface area contributed by atoms with Gasteiger partial charge in [0.1, 0.15) is 0 Å². The van der Waals surface area contributed by atoms with Crippen LogP contribution >= 0.6 is 0 Å². The zero-order valence-electron chi connectivity index (χ0n) is 10.1. The Kier molecular flexibility index (Phi) is 6.15. The molecule has 0 radical (unpaired) electrons. The maximum Gasteiger partial charge on any atom is 0.329 e. The number of hydrogen-bond donors (Lipinski definition) is 2. The van der Waals surface area contributed by atoms with Gasteiger partial charge in [-0.25, -0.2) is 0 Å². The molecule has 0 spiro atoms. The standard InChI is InChI=1S/C10H22N2O3Si/c1-3-14-16(15-4-2)7-9(13)10-8(11)5-6-12-10/h8,10,12,16H,3-7,11H2,1-2H3/t8?,10-/m1/s1. The van der Waals surface area contributed by atoms with Crippen molar-refractivity contribution in [2.75, 3.05) is 19.8 Å². The Morgan fingerprint density at radius 2 is 2.06 bits per heavy atom. The second-order valence-corrected chi connectivity index (χ2v) is 5.83. The first-order chi connectivity index (χ1) is 7.69. The van der Waals surface area contributed by atoms with E-state index < -0.39 is 9.28 Å². The Hall–Kier alpha value is -0.273. The summed E-state index contributed by atoms with van der Waals surface area (Å²) < 4.78 is 11.0. The third-order valence-electron chi connectivity index (χ3n) is 2.69. The maximum atomic E-state index is 11.9. The highest BCUT2D eigenvalue weighted by molar-refractivity contribution is 6.49. The molecule has 2 atom stereocenters. The molecule has 1 heterocycles. The highest BCUT2D eigenvalue weighted by Gasteiger charge is 2.32. The number of ketones is 1. The summed E-state index contributed by atoms with van der Waals surface area (Å²) in [6.07, 6.45) is 0.867. The fourth-order valence-corrected chi connectivity index (χ4v) is 3.56. The van der Waals surface area contributed by atoms with Gasteiger partial charge in [-0.05, 0) is 26.8 Å². The van der Waals surface area contributed by atoms with Crippen molar-refractivity contribution in [3.63, 3.8) is 0 Å². The van der Waals surface area contributed by atoms with E-state index in [2.05, 4.69) is 5.32 Å². The molecule has 0 aromatic carbocycles. The van der Waals surface area contributed by atoms with Gasteiger partial charge in [0.25, 0.3) is 0 Å². The minimum atomic E-state index is -1.82. The van der Waals surface area contributed by atoms with Gasteiger partial charge in [-0.3, -0.25) is 4.79 Å². The number of carbonyl (C=O) groups excluding carboxylic acids is 1. The van der Waals surface area contributed by atoms with Crippen molar-refractivity contribution < 1.29 is 13.6 Å². The molecule has 0 aromatic rings. The van der Waals surface area contributed by atoms with Crippen LogP contribution in [0.4, 0.5) is 0 Å². The Morgan fingerprint density at radius 3 is 2.50 bits per heavy atom. The lowest BCUT2D eigenvalue weighted by molar-refractivity contribution is -0.119. The molecular weight excluding hydrogens is 224 g/mol. The zero-order valence-corrected chi connectivity index (χ0v) is 11.2. The fourth-order valence-electron chi connectivity index (χ4n) is 1.91. The van der Waals surface area contributed by atoms with Gasteiger partial charge in [-0.1, -0.05) is 0 Å². The van der Waals surface area contributed by atoms with E-state index in [1.165, 1.54) is 0 Å². The van der Waals surface area contributed by atoms with Gasteiger partial charge in [-0.2, -0.15) is 0 Å². The maximum absolute atomic E-state index is 11.9. The number of hydrogen-bond acceptors (Lipinski definition) is 5.